The molecule has 1 aromatic heterocycles. The van der Waals surface area contributed by atoms with Gasteiger partial charge in [-0.15, -0.1) is 0 Å². The maximum absolute atomic E-state index is 12.9. The molecule has 434 valence electrons. The summed E-state index contributed by atoms with van der Waals surface area (Å²) in [6, 6.07) is -1.57. The molecule has 1 saturated heterocycles. The number of aliphatic hydroxyl groups excluding tert-OH is 2. The normalized spacial score (nSPS) is 17.1. The summed E-state index contributed by atoms with van der Waals surface area (Å²) in [5, 5.41) is 40.4. The topological polar surface area (TPSA) is 332 Å². The first-order chi connectivity index (χ1) is 36.3. The van der Waals surface area contributed by atoms with E-state index in [0.29, 0.717) is 59.0 Å². The SMILES string of the molecule is COCCOCCOCCOCCNC(=O)CCOCC(COCCC(=O)NCCOCCOCCOCCOC[C@H]1OC[C@H](Nc2cncc(C(F)(F)F)n2)[C@@H](O)[C@H]1O)NC(=O)COCCOCCOCC(=O)O. The molecule has 2 rings (SSSR count). The number of anilines is 1. The monoisotopic (exact) mass is 1090 g/mol. The molecule has 7 N–H and O–H groups in total. The zero-order valence-corrected chi connectivity index (χ0v) is 42.5. The Balaban J connectivity index is 1.51. The van der Waals surface area contributed by atoms with Crippen LogP contribution in [0.5, 0.6) is 0 Å². The fourth-order valence-corrected chi connectivity index (χ4v) is 6.01. The van der Waals surface area contributed by atoms with Gasteiger partial charge in [0.25, 0.3) is 0 Å². The average Bonchev–Trinajstić information content (AvgIpc) is 3.38. The molecule has 0 aromatic carbocycles. The highest BCUT2D eigenvalue weighted by atomic mass is 19.4. The van der Waals surface area contributed by atoms with Gasteiger partial charge in [0.1, 0.15) is 37.3 Å². The number of carbonyl (C=O) groups excluding carboxylic acids is 3. The fraction of sp³-hybridized carbons (Fsp3) is 0.822. The van der Waals surface area contributed by atoms with E-state index in [4.69, 9.17) is 71.4 Å². The van der Waals surface area contributed by atoms with E-state index in [1.807, 2.05) is 0 Å². The van der Waals surface area contributed by atoms with Crippen molar-refractivity contribution in [2.45, 2.75) is 49.4 Å². The number of halogens is 3. The number of aliphatic hydroxyl groups is 2. The van der Waals surface area contributed by atoms with Crippen LogP contribution in [0.4, 0.5) is 19.0 Å². The zero-order chi connectivity index (χ0) is 54.6. The molecule has 1 unspecified atom stereocenters. The molecule has 1 aliphatic heterocycles. The Morgan fingerprint density at radius 1 is 0.613 bits per heavy atom. The molecular formula is C45H77F3N6O21. The van der Waals surface area contributed by atoms with Gasteiger partial charge in [-0.25, -0.2) is 9.78 Å². The number of amides is 3. The molecule has 0 aliphatic carbocycles. The van der Waals surface area contributed by atoms with Crippen molar-refractivity contribution in [3.63, 3.8) is 0 Å². The lowest BCUT2D eigenvalue weighted by molar-refractivity contribution is -0.161. The summed E-state index contributed by atoms with van der Waals surface area (Å²) in [6.07, 6.45) is -6.61. The quantitative estimate of drug-likeness (QED) is 0.0341. The van der Waals surface area contributed by atoms with Crippen LogP contribution in [0.1, 0.15) is 18.5 Å². The van der Waals surface area contributed by atoms with E-state index < -0.39 is 60.7 Å². The molecule has 1 fully saturated rings. The third-order valence-electron chi connectivity index (χ3n) is 9.76. The summed E-state index contributed by atoms with van der Waals surface area (Å²) >= 11 is 0. The maximum atomic E-state index is 12.9. The number of alkyl halides is 3. The van der Waals surface area contributed by atoms with Crippen LogP contribution in [-0.4, -0.2) is 271 Å². The molecule has 75 heavy (non-hydrogen) atoms. The second kappa shape index (κ2) is 44.0. The third-order valence-corrected chi connectivity index (χ3v) is 9.76. The summed E-state index contributed by atoms with van der Waals surface area (Å²) in [4.78, 5) is 54.7. The number of nitrogens with one attached hydrogen (secondary N) is 4. The van der Waals surface area contributed by atoms with Gasteiger partial charge in [-0.1, -0.05) is 0 Å². The molecule has 0 saturated carbocycles. The largest absolute Gasteiger partial charge is 0.480 e. The first kappa shape index (κ1) is 67.0. The van der Waals surface area contributed by atoms with Crippen molar-refractivity contribution in [1.29, 1.82) is 0 Å². The van der Waals surface area contributed by atoms with Crippen molar-refractivity contribution in [3.8, 4) is 0 Å². The van der Waals surface area contributed by atoms with E-state index in [9.17, 15) is 42.6 Å². The van der Waals surface area contributed by atoms with Gasteiger partial charge in [-0.2, -0.15) is 13.2 Å². The van der Waals surface area contributed by atoms with E-state index in [1.165, 1.54) is 0 Å². The second-order valence-corrected chi connectivity index (χ2v) is 15.9. The lowest BCUT2D eigenvalue weighted by Crippen LogP contribution is -2.57. The van der Waals surface area contributed by atoms with Gasteiger partial charge < -0.3 is 103 Å². The van der Waals surface area contributed by atoms with Gasteiger partial charge in [0.05, 0.1) is 183 Å². The van der Waals surface area contributed by atoms with E-state index in [2.05, 4.69) is 31.2 Å². The van der Waals surface area contributed by atoms with Gasteiger partial charge in [0, 0.05) is 33.0 Å². The van der Waals surface area contributed by atoms with E-state index in [-0.39, 0.29) is 156 Å². The minimum absolute atomic E-state index is 0.00155. The number of aromatic nitrogens is 2. The molecule has 0 radical (unpaired) electrons. The van der Waals surface area contributed by atoms with Gasteiger partial charge in [-0.05, 0) is 0 Å². The summed E-state index contributed by atoms with van der Waals surface area (Å²) in [5.41, 5.74) is -1.20. The van der Waals surface area contributed by atoms with Crippen LogP contribution in [0.25, 0.3) is 0 Å². The molecule has 1 aromatic rings. The molecule has 2 heterocycles. The van der Waals surface area contributed by atoms with Crippen LogP contribution >= 0.6 is 0 Å². The Labute approximate surface area is 433 Å². The van der Waals surface area contributed by atoms with Gasteiger partial charge >= 0.3 is 12.1 Å². The van der Waals surface area contributed by atoms with Crippen molar-refractivity contribution in [3.05, 3.63) is 18.1 Å². The van der Waals surface area contributed by atoms with E-state index >= 15 is 0 Å². The molecule has 1 aliphatic rings. The van der Waals surface area contributed by atoms with Crippen LogP contribution in [0.3, 0.4) is 0 Å². The number of methoxy groups -OCH3 is 1. The number of carboxylic acids is 1. The fourth-order valence-electron chi connectivity index (χ4n) is 6.01. The number of carbonyl (C=O) groups is 4. The van der Waals surface area contributed by atoms with E-state index in [1.54, 1.807) is 7.11 Å². The smallest absolute Gasteiger partial charge is 0.434 e. The summed E-state index contributed by atoms with van der Waals surface area (Å²) < 4.78 is 114. The van der Waals surface area contributed by atoms with Crippen LogP contribution in [0.15, 0.2) is 12.4 Å². The lowest BCUT2D eigenvalue weighted by atomic mass is 9.98. The van der Waals surface area contributed by atoms with Crippen molar-refractivity contribution >= 4 is 29.5 Å². The minimum atomic E-state index is -4.70. The van der Waals surface area contributed by atoms with Crippen LogP contribution < -0.4 is 21.3 Å². The maximum Gasteiger partial charge on any atom is 0.434 e. The summed E-state index contributed by atoms with van der Waals surface area (Å²) in [6.45, 7) is 4.87. The number of nitrogens with zero attached hydrogens (tertiary/aromatic N) is 2. The number of carboxylic acid groups (broad SMARTS) is 1. The Morgan fingerprint density at radius 2 is 1.08 bits per heavy atom. The second-order valence-electron chi connectivity index (χ2n) is 15.9. The van der Waals surface area contributed by atoms with E-state index in [0.717, 1.165) is 6.20 Å². The average molecular weight is 1100 g/mol. The first-order valence-corrected chi connectivity index (χ1v) is 24.4. The highest BCUT2D eigenvalue weighted by molar-refractivity contribution is 5.77. The highest BCUT2D eigenvalue weighted by Crippen LogP contribution is 2.28. The Hall–Kier alpha value is -4.09. The highest BCUT2D eigenvalue weighted by Gasteiger charge is 2.39. The molecule has 30 heteroatoms. The number of aliphatic carboxylic acids is 1. The zero-order valence-electron chi connectivity index (χ0n) is 42.5. The Morgan fingerprint density at radius 3 is 1.57 bits per heavy atom. The predicted octanol–water partition coefficient (Wildman–Crippen LogP) is -2.18. The van der Waals surface area contributed by atoms with Crippen molar-refractivity contribution in [2.24, 2.45) is 0 Å². The number of hydrogen-bond acceptors (Lipinski definition) is 23. The van der Waals surface area contributed by atoms with Gasteiger partial charge in [0.15, 0.2) is 5.69 Å². The Bertz CT molecular complexity index is 1640. The number of ether oxygens (including phenoxy) is 14. The number of hydrogen-bond donors (Lipinski definition) is 7. The summed E-state index contributed by atoms with van der Waals surface area (Å²) in [5.74, 6) is -2.31. The standard InChI is InChI=1S/C45H77F3N6O21/c1-62-10-11-65-16-17-66-14-12-63-8-4-50-39(55)2-6-70-28-34(52-41(57)32-73-24-21-69-22-25-74-33-42(58)59)29-71-7-3-40(56)51-5-9-64-13-15-67-18-19-68-20-23-72-31-36-44(61)43(60)35(30-75-36)53-38-27-49-26-37(54-38)45(46,47)48/h26-27,34-36,43-44,60-61H,2-25,28-33H2,1H3,(H,50,55)(H,51,56)(H,52,57)(H,53,54)(H,58,59)/t34?,35-,36+,43+,44-/m0/s1. The summed E-state index contributed by atoms with van der Waals surface area (Å²) in [7, 11) is 1.60. The molecule has 0 spiro atoms. The van der Waals surface area contributed by atoms with Crippen molar-refractivity contribution in [1.82, 2.24) is 25.9 Å². The van der Waals surface area contributed by atoms with Crippen LogP contribution in [0, 0.1) is 0 Å². The molecule has 3 amide bonds. The molecule has 5 atom stereocenters. The minimum Gasteiger partial charge on any atom is -0.480 e. The lowest BCUT2D eigenvalue weighted by Gasteiger charge is -2.38. The van der Waals surface area contributed by atoms with Gasteiger partial charge in [-0.3, -0.25) is 19.4 Å². The molecule has 27 nitrogen and oxygen atoms in total. The number of rotatable bonds is 49. The molecule has 0 bridgehead atoms. The van der Waals surface area contributed by atoms with Crippen LogP contribution in [-0.2, 0) is 91.7 Å². The first-order valence-electron chi connectivity index (χ1n) is 24.4. The van der Waals surface area contributed by atoms with Crippen molar-refractivity contribution < 1.29 is 114 Å². The molecular weight excluding hydrogens is 1020 g/mol. The van der Waals surface area contributed by atoms with Gasteiger partial charge in [0.2, 0.25) is 17.7 Å². The predicted molar refractivity (Wildman–Crippen MR) is 253 cm³/mol. The van der Waals surface area contributed by atoms with Crippen molar-refractivity contribution in [2.75, 3.05) is 197 Å². The van der Waals surface area contributed by atoms with Crippen LogP contribution in [0.2, 0.25) is 0 Å². The Kier molecular flexibility index (Phi) is 39.3. The third kappa shape index (κ3) is 36.6.